The lowest BCUT2D eigenvalue weighted by molar-refractivity contribution is -0.129. The molecule has 2 amide bonds. The van der Waals surface area contributed by atoms with Crippen LogP contribution in [0.25, 0.3) is 0 Å². The zero-order chi connectivity index (χ0) is 11.4. The maximum atomic E-state index is 11.3. The number of carbonyl (C=O) groups is 2. The molecule has 1 fully saturated rings. The van der Waals surface area contributed by atoms with Crippen LogP contribution < -0.4 is 11.1 Å². The van der Waals surface area contributed by atoms with Crippen LogP contribution in [0.3, 0.4) is 0 Å². The third-order valence-electron chi connectivity index (χ3n) is 2.47. The molecule has 0 aliphatic carbocycles. The quantitative estimate of drug-likeness (QED) is 0.658. The van der Waals surface area contributed by atoms with E-state index in [4.69, 9.17) is 5.73 Å². The van der Waals surface area contributed by atoms with Crippen LogP contribution in [0.15, 0.2) is 0 Å². The highest BCUT2D eigenvalue weighted by atomic mass is 16.2. The van der Waals surface area contributed by atoms with Crippen LogP contribution in [-0.4, -0.2) is 41.9 Å². The summed E-state index contributed by atoms with van der Waals surface area (Å²) in [6, 6.07) is -0.535. The summed E-state index contributed by atoms with van der Waals surface area (Å²) in [5.74, 6) is 0.00559. The Morgan fingerprint density at radius 1 is 1.60 bits per heavy atom. The van der Waals surface area contributed by atoms with E-state index in [1.807, 2.05) is 6.92 Å². The minimum absolute atomic E-state index is 0.0365. The lowest BCUT2D eigenvalue weighted by Gasteiger charge is -2.22. The van der Waals surface area contributed by atoms with Gasteiger partial charge in [-0.2, -0.15) is 0 Å². The van der Waals surface area contributed by atoms with Crippen molar-refractivity contribution in [2.24, 2.45) is 5.73 Å². The average Bonchev–Trinajstić information content (AvgIpc) is 2.51. The number of rotatable bonds is 4. The minimum atomic E-state index is -0.498. The summed E-state index contributed by atoms with van der Waals surface area (Å²) in [5.41, 5.74) is 5.43. The summed E-state index contributed by atoms with van der Waals surface area (Å²) in [5, 5.41) is 2.77. The first-order chi connectivity index (χ1) is 7.00. The molecule has 2 unspecified atom stereocenters. The monoisotopic (exact) mass is 213 g/mol. The summed E-state index contributed by atoms with van der Waals surface area (Å²) < 4.78 is 0. The fraction of sp³-hybridized carbons (Fsp3) is 0.800. The van der Waals surface area contributed by atoms with Gasteiger partial charge in [-0.15, -0.1) is 0 Å². The largest absolute Gasteiger partial charge is 0.351 e. The number of amides is 2. The summed E-state index contributed by atoms with van der Waals surface area (Å²) >= 11 is 0. The second-order valence-corrected chi connectivity index (χ2v) is 4.14. The molecule has 1 heterocycles. The molecule has 3 N–H and O–H groups in total. The molecule has 0 saturated carbocycles. The predicted octanol–water partition coefficient (Wildman–Crippen LogP) is -0.539. The fourth-order valence-electron chi connectivity index (χ4n) is 1.65. The van der Waals surface area contributed by atoms with Crippen molar-refractivity contribution >= 4 is 11.8 Å². The van der Waals surface area contributed by atoms with E-state index in [2.05, 4.69) is 5.32 Å². The van der Waals surface area contributed by atoms with Gasteiger partial charge in [-0.05, 0) is 20.3 Å². The van der Waals surface area contributed by atoms with Crippen LogP contribution in [0.2, 0.25) is 0 Å². The Bertz CT molecular complexity index is 253. The summed E-state index contributed by atoms with van der Waals surface area (Å²) in [4.78, 5) is 24.4. The van der Waals surface area contributed by atoms with Gasteiger partial charge in [0.05, 0.1) is 6.04 Å². The van der Waals surface area contributed by atoms with E-state index in [1.54, 1.807) is 11.8 Å². The van der Waals surface area contributed by atoms with E-state index in [9.17, 15) is 9.59 Å². The molecule has 5 nitrogen and oxygen atoms in total. The van der Waals surface area contributed by atoms with Gasteiger partial charge in [-0.3, -0.25) is 9.59 Å². The number of hydrogen-bond donors (Lipinski definition) is 2. The Balaban J connectivity index is 2.32. The first-order valence-corrected chi connectivity index (χ1v) is 5.34. The molecule has 86 valence electrons. The Kier molecular flexibility index (Phi) is 4.08. The van der Waals surface area contributed by atoms with Crippen molar-refractivity contribution in [1.82, 2.24) is 10.2 Å². The smallest absolute Gasteiger partial charge is 0.236 e. The van der Waals surface area contributed by atoms with Gasteiger partial charge in [-0.1, -0.05) is 0 Å². The average molecular weight is 213 g/mol. The Hall–Kier alpha value is -1.10. The number of nitrogens with one attached hydrogen (secondary N) is 1. The highest BCUT2D eigenvalue weighted by molar-refractivity contribution is 5.81. The third kappa shape index (κ3) is 3.51. The van der Waals surface area contributed by atoms with Crippen LogP contribution in [0.1, 0.15) is 26.7 Å². The maximum Gasteiger partial charge on any atom is 0.236 e. The normalized spacial score (nSPS) is 20.2. The van der Waals surface area contributed by atoms with Gasteiger partial charge in [0.2, 0.25) is 11.8 Å². The molecule has 2 atom stereocenters. The van der Waals surface area contributed by atoms with E-state index in [1.165, 1.54) is 0 Å². The van der Waals surface area contributed by atoms with E-state index in [0.29, 0.717) is 13.0 Å². The second-order valence-electron chi connectivity index (χ2n) is 4.14. The van der Waals surface area contributed by atoms with Gasteiger partial charge in [0.15, 0.2) is 0 Å². The second kappa shape index (κ2) is 5.11. The Labute approximate surface area is 90.0 Å². The lowest BCUT2D eigenvalue weighted by Crippen LogP contribution is -2.47. The first kappa shape index (κ1) is 12.0. The van der Waals surface area contributed by atoms with Crippen molar-refractivity contribution in [3.05, 3.63) is 0 Å². The SMILES string of the molecule is CC(CN1CCCC1=O)NC(=O)C(C)N. The zero-order valence-electron chi connectivity index (χ0n) is 9.32. The molecule has 0 bridgehead atoms. The highest BCUT2D eigenvalue weighted by Crippen LogP contribution is 2.09. The van der Waals surface area contributed by atoms with Gasteiger partial charge in [0.25, 0.3) is 0 Å². The van der Waals surface area contributed by atoms with E-state index in [0.717, 1.165) is 13.0 Å². The summed E-state index contributed by atoms with van der Waals surface area (Å²) in [6.45, 7) is 4.91. The Morgan fingerprint density at radius 3 is 2.73 bits per heavy atom. The molecule has 0 spiro atoms. The van der Waals surface area contributed by atoms with Gasteiger partial charge in [0, 0.05) is 25.6 Å². The molecule has 0 aromatic rings. The number of carbonyl (C=O) groups excluding carboxylic acids is 2. The van der Waals surface area contributed by atoms with Crippen LogP contribution in [0, 0.1) is 0 Å². The van der Waals surface area contributed by atoms with Gasteiger partial charge in [0.1, 0.15) is 0 Å². The van der Waals surface area contributed by atoms with Crippen molar-refractivity contribution in [3.8, 4) is 0 Å². The molecular formula is C10H19N3O2. The molecular weight excluding hydrogens is 194 g/mol. The summed E-state index contributed by atoms with van der Waals surface area (Å²) in [6.07, 6.45) is 1.56. The topological polar surface area (TPSA) is 75.4 Å². The van der Waals surface area contributed by atoms with Crippen molar-refractivity contribution in [2.75, 3.05) is 13.1 Å². The molecule has 1 saturated heterocycles. The van der Waals surface area contributed by atoms with Crippen molar-refractivity contribution in [1.29, 1.82) is 0 Å². The van der Waals surface area contributed by atoms with Gasteiger partial charge in [-0.25, -0.2) is 0 Å². The van der Waals surface area contributed by atoms with Gasteiger partial charge < -0.3 is 16.0 Å². The van der Waals surface area contributed by atoms with E-state index < -0.39 is 6.04 Å². The molecule has 1 aliphatic heterocycles. The molecule has 15 heavy (non-hydrogen) atoms. The van der Waals surface area contributed by atoms with E-state index >= 15 is 0 Å². The summed E-state index contributed by atoms with van der Waals surface area (Å²) in [7, 11) is 0. The van der Waals surface area contributed by atoms with Crippen LogP contribution in [-0.2, 0) is 9.59 Å². The van der Waals surface area contributed by atoms with E-state index in [-0.39, 0.29) is 17.9 Å². The lowest BCUT2D eigenvalue weighted by atomic mass is 10.2. The van der Waals surface area contributed by atoms with Crippen LogP contribution >= 0.6 is 0 Å². The van der Waals surface area contributed by atoms with Crippen molar-refractivity contribution < 1.29 is 9.59 Å². The predicted molar refractivity (Wildman–Crippen MR) is 57.1 cm³/mol. The standard InChI is InChI=1S/C10H19N3O2/c1-7(12-10(15)8(2)11)6-13-5-3-4-9(13)14/h7-8H,3-6,11H2,1-2H3,(H,12,15). The number of nitrogens with two attached hydrogens (primary N) is 1. The number of hydrogen-bond acceptors (Lipinski definition) is 3. The molecule has 1 aliphatic rings. The van der Waals surface area contributed by atoms with Crippen molar-refractivity contribution in [3.63, 3.8) is 0 Å². The number of likely N-dealkylation sites (tertiary alicyclic amines) is 1. The highest BCUT2D eigenvalue weighted by Gasteiger charge is 2.22. The van der Waals surface area contributed by atoms with Crippen LogP contribution in [0.4, 0.5) is 0 Å². The van der Waals surface area contributed by atoms with Crippen LogP contribution in [0.5, 0.6) is 0 Å². The number of nitrogens with zero attached hydrogens (tertiary/aromatic N) is 1. The Morgan fingerprint density at radius 2 is 2.27 bits per heavy atom. The zero-order valence-corrected chi connectivity index (χ0v) is 9.32. The van der Waals surface area contributed by atoms with Crippen molar-refractivity contribution in [2.45, 2.75) is 38.8 Å². The molecule has 0 aromatic heterocycles. The van der Waals surface area contributed by atoms with Gasteiger partial charge >= 0.3 is 0 Å². The molecule has 0 radical (unpaired) electrons. The molecule has 5 heteroatoms. The molecule has 0 aromatic carbocycles. The third-order valence-corrected chi connectivity index (χ3v) is 2.47. The maximum absolute atomic E-state index is 11.3. The minimum Gasteiger partial charge on any atom is -0.351 e. The molecule has 1 rings (SSSR count). The fourth-order valence-corrected chi connectivity index (χ4v) is 1.65. The first-order valence-electron chi connectivity index (χ1n) is 5.34.